The van der Waals surface area contributed by atoms with Gasteiger partial charge in [0.05, 0.1) is 0 Å². The number of nitrogens with zero attached hydrogens (tertiary/aromatic N) is 2. The van der Waals surface area contributed by atoms with Crippen LogP contribution in [0.4, 0.5) is 0 Å². The summed E-state index contributed by atoms with van der Waals surface area (Å²) in [6.07, 6.45) is 3.89. The number of hydrogen-bond donors (Lipinski definition) is 1. The zero-order valence-electron chi connectivity index (χ0n) is 12.6. The Balaban J connectivity index is 2.09. The van der Waals surface area contributed by atoms with Gasteiger partial charge >= 0.3 is 0 Å². The molecule has 0 radical (unpaired) electrons. The second kappa shape index (κ2) is 7.15. The zero-order valence-corrected chi connectivity index (χ0v) is 12.6. The van der Waals surface area contributed by atoms with Crippen LogP contribution in [-0.4, -0.2) is 16.5 Å². The molecule has 106 valence electrons. The van der Waals surface area contributed by atoms with Gasteiger partial charge in [-0.3, -0.25) is 0 Å². The number of benzene rings is 1. The highest BCUT2D eigenvalue weighted by molar-refractivity contribution is 5.23. The first kappa shape index (κ1) is 14.7. The molecule has 0 spiro atoms. The van der Waals surface area contributed by atoms with E-state index in [0.29, 0.717) is 6.04 Å². The topological polar surface area (TPSA) is 37.8 Å². The Kier molecular flexibility index (Phi) is 5.24. The standard InChI is InChI=1S/C17H23N3/c1-4-10-18-13(2)16-12-19-17(20-14(16)3)11-15-8-6-5-7-9-15/h5-9,12-13,18H,4,10-11H2,1-3H3. The van der Waals surface area contributed by atoms with Crippen LogP contribution < -0.4 is 5.32 Å². The molecular weight excluding hydrogens is 246 g/mol. The van der Waals surface area contributed by atoms with Crippen molar-refractivity contribution >= 4 is 0 Å². The molecule has 1 N–H and O–H groups in total. The monoisotopic (exact) mass is 269 g/mol. The van der Waals surface area contributed by atoms with E-state index < -0.39 is 0 Å². The summed E-state index contributed by atoms with van der Waals surface area (Å²) >= 11 is 0. The number of aryl methyl sites for hydroxylation is 1. The van der Waals surface area contributed by atoms with Crippen molar-refractivity contribution in [3.05, 3.63) is 59.2 Å². The van der Waals surface area contributed by atoms with E-state index in [9.17, 15) is 0 Å². The molecule has 0 bridgehead atoms. The third kappa shape index (κ3) is 3.87. The van der Waals surface area contributed by atoms with E-state index in [0.717, 1.165) is 30.9 Å². The molecule has 1 heterocycles. The van der Waals surface area contributed by atoms with Crippen LogP contribution in [0.15, 0.2) is 36.5 Å². The van der Waals surface area contributed by atoms with E-state index in [1.807, 2.05) is 24.4 Å². The van der Waals surface area contributed by atoms with E-state index in [1.54, 1.807) is 0 Å². The first-order valence-corrected chi connectivity index (χ1v) is 7.30. The van der Waals surface area contributed by atoms with Gasteiger partial charge in [0.25, 0.3) is 0 Å². The van der Waals surface area contributed by atoms with Crippen molar-refractivity contribution < 1.29 is 0 Å². The maximum Gasteiger partial charge on any atom is 0.132 e. The van der Waals surface area contributed by atoms with Crippen molar-refractivity contribution in [2.45, 2.75) is 39.7 Å². The summed E-state index contributed by atoms with van der Waals surface area (Å²) in [6.45, 7) is 7.42. The molecule has 2 aromatic rings. The average molecular weight is 269 g/mol. The quantitative estimate of drug-likeness (QED) is 0.873. The predicted molar refractivity (Wildman–Crippen MR) is 82.7 cm³/mol. The fraction of sp³-hybridized carbons (Fsp3) is 0.412. The summed E-state index contributed by atoms with van der Waals surface area (Å²) in [4.78, 5) is 9.16. The van der Waals surface area contributed by atoms with Gasteiger partial charge in [-0.2, -0.15) is 0 Å². The Hall–Kier alpha value is -1.74. The van der Waals surface area contributed by atoms with Gasteiger partial charge in [-0.15, -0.1) is 0 Å². The average Bonchev–Trinajstić information content (AvgIpc) is 2.46. The van der Waals surface area contributed by atoms with E-state index in [2.05, 4.69) is 48.2 Å². The summed E-state index contributed by atoms with van der Waals surface area (Å²) in [5.74, 6) is 0.889. The van der Waals surface area contributed by atoms with E-state index in [1.165, 1.54) is 11.1 Å². The lowest BCUT2D eigenvalue weighted by Gasteiger charge is -2.15. The second-order valence-electron chi connectivity index (χ2n) is 5.17. The first-order chi connectivity index (χ1) is 9.70. The molecule has 1 aromatic carbocycles. The maximum atomic E-state index is 4.65. The molecular formula is C17H23N3. The SMILES string of the molecule is CCCNC(C)c1cnc(Cc2ccccc2)nc1C. The molecule has 1 aromatic heterocycles. The smallest absolute Gasteiger partial charge is 0.132 e. The number of hydrogen-bond acceptors (Lipinski definition) is 3. The van der Waals surface area contributed by atoms with Crippen molar-refractivity contribution in [1.82, 2.24) is 15.3 Å². The third-order valence-electron chi connectivity index (χ3n) is 3.44. The predicted octanol–water partition coefficient (Wildman–Crippen LogP) is 3.44. The van der Waals surface area contributed by atoms with Gasteiger partial charge in [-0.1, -0.05) is 37.3 Å². The summed E-state index contributed by atoms with van der Waals surface area (Å²) < 4.78 is 0. The Labute approximate surface area is 121 Å². The Morgan fingerprint density at radius 2 is 1.95 bits per heavy atom. The molecule has 0 aliphatic rings. The molecule has 3 heteroatoms. The van der Waals surface area contributed by atoms with Gasteiger partial charge in [0.1, 0.15) is 5.82 Å². The summed E-state index contributed by atoms with van der Waals surface area (Å²) in [5, 5.41) is 3.48. The molecule has 0 saturated carbocycles. The highest BCUT2D eigenvalue weighted by Crippen LogP contribution is 2.15. The molecule has 0 fully saturated rings. The van der Waals surface area contributed by atoms with Crippen LogP contribution in [0.3, 0.4) is 0 Å². The second-order valence-corrected chi connectivity index (χ2v) is 5.17. The molecule has 1 unspecified atom stereocenters. The van der Waals surface area contributed by atoms with Crippen LogP contribution in [0.5, 0.6) is 0 Å². The Morgan fingerprint density at radius 3 is 2.60 bits per heavy atom. The van der Waals surface area contributed by atoms with Gasteiger partial charge < -0.3 is 5.32 Å². The highest BCUT2D eigenvalue weighted by Gasteiger charge is 2.10. The number of nitrogens with one attached hydrogen (secondary N) is 1. The van der Waals surface area contributed by atoms with Crippen LogP contribution in [-0.2, 0) is 6.42 Å². The zero-order chi connectivity index (χ0) is 14.4. The van der Waals surface area contributed by atoms with Crippen LogP contribution in [0.2, 0.25) is 0 Å². The van der Waals surface area contributed by atoms with Crippen molar-refractivity contribution in [2.24, 2.45) is 0 Å². The molecule has 20 heavy (non-hydrogen) atoms. The Morgan fingerprint density at radius 1 is 1.20 bits per heavy atom. The van der Waals surface area contributed by atoms with Crippen LogP contribution in [0.25, 0.3) is 0 Å². The van der Waals surface area contributed by atoms with Gasteiger partial charge in [0, 0.05) is 29.9 Å². The van der Waals surface area contributed by atoms with Crippen LogP contribution in [0.1, 0.15) is 49.0 Å². The molecule has 0 aliphatic heterocycles. The number of rotatable bonds is 6. The Bertz CT molecular complexity index is 537. The summed E-state index contributed by atoms with van der Waals surface area (Å²) in [7, 11) is 0. The minimum absolute atomic E-state index is 0.306. The van der Waals surface area contributed by atoms with E-state index >= 15 is 0 Å². The molecule has 3 nitrogen and oxygen atoms in total. The highest BCUT2D eigenvalue weighted by atomic mass is 14.9. The lowest BCUT2D eigenvalue weighted by Crippen LogP contribution is -2.21. The van der Waals surface area contributed by atoms with Crippen molar-refractivity contribution in [1.29, 1.82) is 0 Å². The third-order valence-corrected chi connectivity index (χ3v) is 3.44. The van der Waals surface area contributed by atoms with Gasteiger partial charge in [0.2, 0.25) is 0 Å². The van der Waals surface area contributed by atoms with Crippen molar-refractivity contribution in [2.75, 3.05) is 6.54 Å². The molecule has 0 saturated heterocycles. The van der Waals surface area contributed by atoms with Gasteiger partial charge in [-0.05, 0) is 32.4 Å². The van der Waals surface area contributed by atoms with E-state index in [4.69, 9.17) is 0 Å². The van der Waals surface area contributed by atoms with Crippen molar-refractivity contribution in [3.63, 3.8) is 0 Å². The van der Waals surface area contributed by atoms with Crippen LogP contribution >= 0.6 is 0 Å². The molecule has 2 rings (SSSR count). The largest absolute Gasteiger partial charge is 0.310 e. The molecule has 0 amide bonds. The molecule has 1 atom stereocenters. The van der Waals surface area contributed by atoms with E-state index in [-0.39, 0.29) is 0 Å². The van der Waals surface area contributed by atoms with Gasteiger partial charge in [0.15, 0.2) is 0 Å². The lowest BCUT2D eigenvalue weighted by atomic mass is 10.1. The lowest BCUT2D eigenvalue weighted by molar-refractivity contribution is 0.563. The maximum absolute atomic E-state index is 4.65. The fourth-order valence-corrected chi connectivity index (χ4v) is 2.28. The van der Waals surface area contributed by atoms with Crippen LogP contribution in [0, 0.1) is 6.92 Å². The molecule has 0 aliphatic carbocycles. The summed E-state index contributed by atoms with van der Waals surface area (Å²) in [6, 6.07) is 10.6. The van der Waals surface area contributed by atoms with Crippen molar-refractivity contribution in [3.8, 4) is 0 Å². The minimum Gasteiger partial charge on any atom is -0.310 e. The minimum atomic E-state index is 0.306. The normalized spacial score (nSPS) is 12.3. The first-order valence-electron chi connectivity index (χ1n) is 7.30. The number of aromatic nitrogens is 2. The summed E-state index contributed by atoms with van der Waals surface area (Å²) in [5.41, 5.74) is 3.51. The fourth-order valence-electron chi connectivity index (χ4n) is 2.28. The van der Waals surface area contributed by atoms with Gasteiger partial charge in [-0.25, -0.2) is 9.97 Å².